The van der Waals surface area contributed by atoms with E-state index in [1.807, 2.05) is 0 Å². The Kier molecular flexibility index (Phi) is 6.56. The lowest BCUT2D eigenvalue weighted by molar-refractivity contribution is -0.394. The number of amides is 4. The van der Waals surface area contributed by atoms with E-state index in [-0.39, 0.29) is 22.8 Å². The number of nitro benzene ring substituents is 2. The number of imide groups is 2. The van der Waals surface area contributed by atoms with Crippen molar-refractivity contribution >= 4 is 56.9 Å². The Morgan fingerprint density at radius 3 is 2.17 bits per heavy atom. The molecule has 0 saturated carbocycles. The fraction of sp³-hybridized carbons (Fsp3) is 0. The van der Waals surface area contributed by atoms with Gasteiger partial charge < -0.3 is 4.74 Å². The SMILES string of the molecule is O=C1NC(=O)N(c2ccc(Br)cc2)C(=O)/C1=C/c1ccc(Oc2ccc([N+](=O)[O-])cc2[N+](=O)[O-])cc1. The Hall–Kier alpha value is -4.91. The summed E-state index contributed by atoms with van der Waals surface area (Å²) in [5.74, 6) is -1.71. The van der Waals surface area contributed by atoms with Crippen LogP contribution in [0.3, 0.4) is 0 Å². The Morgan fingerprint density at radius 1 is 0.889 bits per heavy atom. The van der Waals surface area contributed by atoms with Crippen molar-refractivity contribution in [2.45, 2.75) is 0 Å². The lowest BCUT2D eigenvalue weighted by Gasteiger charge is -2.26. The van der Waals surface area contributed by atoms with E-state index in [1.54, 1.807) is 24.3 Å². The van der Waals surface area contributed by atoms with Gasteiger partial charge >= 0.3 is 11.7 Å². The molecule has 0 spiro atoms. The maximum Gasteiger partial charge on any atom is 0.335 e. The van der Waals surface area contributed by atoms with E-state index >= 15 is 0 Å². The number of nitrogens with zero attached hydrogens (tertiary/aromatic N) is 3. The molecule has 1 fully saturated rings. The van der Waals surface area contributed by atoms with E-state index in [0.29, 0.717) is 5.56 Å². The second kappa shape index (κ2) is 9.76. The standard InChI is InChI=1S/C23H13BrN4O8/c24-14-3-5-15(6-4-14)26-22(30)18(21(29)25-23(26)31)11-13-1-8-17(9-2-13)36-20-10-7-16(27(32)33)12-19(20)28(34)35/h1-12H,(H,25,29,31)/b18-11+. The van der Waals surface area contributed by atoms with Crippen LogP contribution in [-0.2, 0) is 9.59 Å². The molecule has 4 rings (SSSR count). The molecule has 13 heteroatoms. The number of hydrogen-bond acceptors (Lipinski definition) is 8. The fourth-order valence-corrected chi connectivity index (χ4v) is 3.52. The Balaban J connectivity index is 1.58. The number of carbonyl (C=O) groups is 3. The summed E-state index contributed by atoms with van der Waals surface area (Å²) in [6, 6.07) is 14.3. The van der Waals surface area contributed by atoms with E-state index < -0.39 is 39.1 Å². The first-order valence-corrected chi connectivity index (χ1v) is 10.8. The van der Waals surface area contributed by atoms with Crippen LogP contribution in [0.5, 0.6) is 11.5 Å². The van der Waals surface area contributed by atoms with Crippen LogP contribution in [0.4, 0.5) is 21.9 Å². The highest BCUT2D eigenvalue weighted by molar-refractivity contribution is 9.10. The molecule has 0 atom stereocenters. The maximum absolute atomic E-state index is 12.9. The maximum atomic E-state index is 12.9. The Bertz CT molecular complexity index is 1450. The van der Waals surface area contributed by atoms with Crippen molar-refractivity contribution in [1.82, 2.24) is 5.32 Å². The summed E-state index contributed by atoms with van der Waals surface area (Å²) in [6.45, 7) is 0. The average Bonchev–Trinajstić information content (AvgIpc) is 2.84. The molecule has 1 aliphatic heterocycles. The minimum absolute atomic E-state index is 0.167. The van der Waals surface area contributed by atoms with Crippen molar-refractivity contribution in [1.29, 1.82) is 0 Å². The number of benzene rings is 3. The van der Waals surface area contributed by atoms with E-state index in [2.05, 4.69) is 21.2 Å². The van der Waals surface area contributed by atoms with Crippen molar-refractivity contribution in [2.75, 3.05) is 4.90 Å². The van der Waals surface area contributed by atoms with Gasteiger partial charge in [-0.2, -0.15) is 0 Å². The second-order valence-electron chi connectivity index (χ2n) is 7.27. The van der Waals surface area contributed by atoms with Gasteiger partial charge in [-0.3, -0.25) is 35.1 Å². The average molecular weight is 553 g/mol. The first-order valence-electron chi connectivity index (χ1n) is 10.0. The number of barbiturate groups is 1. The number of rotatable bonds is 6. The number of hydrogen-bond donors (Lipinski definition) is 1. The Morgan fingerprint density at radius 2 is 1.56 bits per heavy atom. The summed E-state index contributed by atoms with van der Waals surface area (Å²) in [7, 11) is 0. The third-order valence-corrected chi connectivity index (χ3v) is 5.48. The van der Waals surface area contributed by atoms with Gasteiger partial charge in [-0.25, -0.2) is 9.69 Å². The molecule has 0 aromatic heterocycles. The van der Waals surface area contributed by atoms with Gasteiger partial charge in [0.05, 0.1) is 21.6 Å². The molecule has 1 saturated heterocycles. The van der Waals surface area contributed by atoms with Gasteiger partial charge in [0.1, 0.15) is 11.3 Å². The van der Waals surface area contributed by atoms with Crippen molar-refractivity contribution in [3.63, 3.8) is 0 Å². The zero-order chi connectivity index (χ0) is 26.0. The lowest BCUT2D eigenvalue weighted by Crippen LogP contribution is -2.54. The van der Waals surface area contributed by atoms with Crippen molar-refractivity contribution in [3.05, 3.63) is 103 Å². The monoisotopic (exact) mass is 552 g/mol. The molecular formula is C23H13BrN4O8. The van der Waals surface area contributed by atoms with Gasteiger partial charge in [0.15, 0.2) is 0 Å². The van der Waals surface area contributed by atoms with Crippen LogP contribution in [0.1, 0.15) is 5.56 Å². The molecule has 180 valence electrons. The highest BCUT2D eigenvalue weighted by Gasteiger charge is 2.36. The number of halogens is 1. The topological polar surface area (TPSA) is 162 Å². The fourth-order valence-electron chi connectivity index (χ4n) is 3.26. The van der Waals surface area contributed by atoms with Crippen LogP contribution in [0, 0.1) is 20.2 Å². The van der Waals surface area contributed by atoms with E-state index in [1.165, 1.54) is 30.3 Å². The molecule has 1 N–H and O–H groups in total. The summed E-state index contributed by atoms with van der Waals surface area (Å²) in [5.41, 5.74) is -0.645. The first-order chi connectivity index (χ1) is 17.1. The largest absolute Gasteiger partial charge is 0.450 e. The third kappa shape index (κ3) is 4.95. The number of nitro groups is 2. The molecule has 36 heavy (non-hydrogen) atoms. The van der Waals surface area contributed by atoms with Crippen molar-refractivity contribution in [2.24, 2.45) is 0 Å². The summed E-state index contributed by atoms with van der Waals surface area (Å²) in [5, 5.41) is 24.3. The molecule has 1 heterocycles. The van der Waals surface area contributed by atoms with Gasteiger partial charge in [-0.05, 0) is 54.1 Å². The van der Waals surface area contributed by atoms with E-state index in [4.69, 9.17) is 4.74 Å². The van der Waals surface area contributed by atoms with Crippen LogP contribution >= 0.6 is 15.9 Å². The van der Waals surface area contributed by atoms with Gasteiger partial charge in [0, 0.05) is 10.5 Å². The highest BCUT2D eigenvalue weighted by Crippen LogP contribution is 2.34. The van der Waals surface area contributed by atoms with Gasteiger partial charge in [0.2, 0.25) is 5.75 Å². The predicted molar refractivity (Wildman–Crippen MR) is 129 cm³/mol. The molecule has 3 aromatic rings. The minimum Gasteiger partial charge on any atom is -0.450 e. The van der Waals surface area contributed by atoms with Gasteiger partial charge in [-0.1, -0.05) is 28.1 Å². The van der Waals surface area contributed by atoms with Gasteiger partial charge in [0.25, 0.3) is 17.5 Å². The molecule has 1 aliphatic rings. The summed E-state index contributed by atoms with van der Waals surface area (Å²) in [4.78, 5) is 59.0. The van der Waals surface area contributed by atoms with Crippen LogP contribution in [-0.4, -0.2) is 27.7 Å². The number of non-ortho nitro benzene ring substituents is 1. The number of carbonyl (C=O) groups excluding carboxylic acids is 3. The molecule has 3 aromatic carbocycles. The quantitative estimate of drug-likeness (QED) is 0.198. The smallest absolute Gasteiger partial charge is 0.335 e. The van der Waals surface area contributed by atoms with Crippen molar-refractivity contribution < 1.29 is 29.0 Å². The molecule has 0 aliphatic carbocycles. The zero-order valence-electron chi connectivity index (χ0n) is 17.9. The number of anilines is 1. The first kappa shape index (κ1) is 24.2. The van der Waals surface area contributed by atoms with Crippen molar-refractivity contribution in [3.8, 4) is 11.5 Å². The normalized spacial score (nSPS) is 14.5. The molecular weight excluding hydrogens is 540 g/mol. The lowest BCUT2D eigenvalue weighted by atomic mass is 10.1. The highest BCUT2D eigenvalue weighted by atomic mass is 79.9. The number of urea groups is 1. The number of ether oxygens (including phenoxy) is 1. The zero-order valence-corrected chi connectivity index (χ0v) is 19.5. The molecule has 0 bridgehead atoms. The Labute approximate surface area is 210 Å². The van der Waals surface area contributed by atoms with Crippen LogP contribution < -0.4 is 15.0 Å². The van der Waals surface area contributed by atoms with E-state index in [9.17, 15) is 34.6 Å². The van der Waals surface area contributed by atoms with Crippen LogP contribution in [0.15, 0.2) is 76.8 Å². The summed E-state index contributed by atoms with van der Waals surface area (Å²) < 4.78 is 6.24. The van der Waals surface area contributed by atoms with Crippen LogP contribution in [0.25, 0.3) is 6.08 Å². The third-order valence-electron chi connectivity index (χ3n) is 4.96. The molecule has 0 unspecified atom stereocenters. The minimum atomic E-state index is -0.877. The second-order valence-corrected chi connectivity index (χ2v) is 8.19. The summed E-state index contributed by atoms with van der Waals surface area (Å²) in [6.07, 6.45) is 1.29. The summed E-state index contributed by atoms with van der Waals surface area (Å²) >= 11 is 3.27. The molecule has 12 nitrogen and oxygen atoms in total. The van der Waals surface area contributed by atoms with Gasteiger partial charge in [-0.15, -0.1) is 0 Å². The predicted octanol–water partition coefficient (Wildman–Crippen LogP) is 4.72. The number of nitrogens with one attached hydrogen (secondary N) is 1. The molecule has 0 radical (unpaired) electrons. The molecule has 4 amide bonds. The van der Waals surface area contributed by atoms with E-state index in [0.717, 1.165) is 27.6 Å². The van der Waals surface area contributed by atoms with Crippen LogP contribution in [0.2, 0.25) is 0 Å².